The summed E-state index contributed by atoms with van der Waals surface area (Å²) in [6.07, 6.45) is 0.648. The summed E-state index contributed by atoms with van der Waals surface area (Å²) in [5.41, 5.74) is 6.49. The molecule has 0 aliphatic heterocycles. The second-order valence-corrected chi connectivity index (χ2v) is 2.52. The maximum Gasteiger partial charge on any atom is 0.249 e. The SMILES string of the molecule is Cc1cccc(C(N)=O)c1C=O. The molecule has 3 nitrogen and oxygen atoms in total. The van der Waals surface area contributed by atoms with E-state index >= 15 is 0 Å². The molecule has 0 saturated carbocycles. The van der Waals surface area contributed by atoms with Crippen LogP contribution in [0.3, 0.4) is 0 Å². The highest BCUT2D eigenvalue weighted by Gasteiger charge is 2.08. The van der Waals surface area contributed by atoms with Gasteiger partial charge in [-0.2, -0.15) is 0 Å². The summed E-state index contributed by atoms with van der Waals surface area (Å²) in [7, 11) is 0. The van der Waals surface area contributed by atoms with Gasteiger partial charge in [0, 0.05) is 11.1 Å². The standard InChI is InChI=1S/C9H9NO2/c1-6-3-2-4-7(9(10)12)8(6)5-11/h2-5H,1H3,(H2,10,12). The molecule has 0 aliphatic carbocycles. The molecular weight excluding hydrogens is 154 g/mol. The van der Waals surface area contributed by atoms with Gasteiger partial charge in [0.15, 0.2) is 6.29 Å². The van der Waals surface area contributed by atoms with Crippen LogP contribution in [0.2, 0.25) is 0 Å². The van der Waals surface area contributed by atoms with Crippen molar-refractivity contribution >= 4 is 12.2 Å². The second-order valence-electron chi connectivity index (χ2n) is 2.52. The van der Waals surface area contributed by atoms with Crippen molar-refractivity contribution in [1.82, 2.24) is 0 Å². The summed E-state index contributed by atoms with van der Waals surface area (Å²) >= 11 is 0. The molecule has 0 unspecified atom stereocenters. The van der Waals surface area contributed by atoms with Gasteiger partial charge in [0.1, 0.15) is 0 Å². The van der Waals surface area contributed by atoms with Crippen LogP contribution in [0, 0.1) is 6.92 Å². The van der Waals surface area contributed by atoms with Crippen molar-refractivity contribution in [2.75, 3.05) is 0 Å². The fourth-order valence-electron chi connectivity index (χ4n) is 1.05. The van der Waals surface area contributed by atoms with Crippen LogP contribution in [0.25, 0.3) is 0 Å². The molecule has 0 saturated heterocycles. The number of aryl methyl sites for hydroxylation is 1. The Balaban J connectivity index is 3.37. The first kappa shape index (κ1) is 8.46. The third-order valence-electron chi connectivity index (χ3n) is 1.71. The molecule has 0 heterocycles. The van der Waals surface area contributed by atoms with E-state index in [9.17, 15) is 9.59 Å². The second kappa shape index (κ2) is 3.17. The van der Waals surface area contributed by atoms with Crippen molar-refractivity contribution in [3.8, 4) is 0 Å². The lowest BCUT2D eigenvalue weighted by molar-refractivity contribution is 0.0993. The van der Waals surface area contributed by atoms with Crippen LogP contribution in [-0.4, -0.2) is 12.2 Å². The van der Waals surface area contributed by atoms with Crippen LogP contribution in [0.1, 0.15) is 26.3 Å². The third-order valence-corrected chi connectivity index (χ3v) is 1.71. The van der Waals surface area contributed by atoms with Crippen LogP contribution in [-0.2, 0) is 0 Å². The molecule has 0 radical (unpaired) electrons. The number of hydrogen-bond acceptors (Lipinski definition) is 2. The molecule has 1 rings (SSSR count). The first-order valence-corrected chi connectivity index (χ1v) is 3.51. The van der Waals surface area contributed by atoms with E-state index in [0.29, 0.717) is 11.8 Å². The zero-order valence-electron chi connectivity index (χ0n) is 6.70. The summed E-state index contributed by atoms with van der Waals surface area (Å²) in [5, 5.41) is 0. The molecule has 0 aromatic heterocycles. The van der Waals surface area contributed by atoms with Crippen molar-refractivity contribution in [1.29, 1.82) is 0 Å². The lowest BCUT2D eigenvalue weighted by Crippen LogP contribution is -2.14. The quantitative estimate of drug-likeness (QED) is 0.658. The van der Waals surface area contributed by atoms with Gasteiger partial charge in [-0.25, -0.2) is 0 Å². The van der Waals surface area contributed by atoms with E-state index in [1.165, 1.54) is 0 Å². The molecule has 0 atom stereocenters. The topological polar surface area (TPSA) is 60.2 Å². The molecule has 1 aromatic carbocycles. The molecule has 0 spiro atoms. The zero-order valence-corrected chi connectivity index (χ0v) is 6.70. The van der Waals surface area contributed by atoms with Gasteiger partial charge < -0.3 is 5.73 Å². The number of hydrogen-bond donors (Lipinski definition) is 1. The number of primary amides is 1. The van der Waals surface area contributed by atoms with Crippen LogP contribution < -0.4 is 5.73 Å². The maximum atomic E-state index is 10.8. The van der Waals surface area contributed by atoms with Gasteiger partial charge in [-0.15, -0.1) is 0 Å². The minimum atomic E-state index is -0.569. The highest BCUT2D eigenvalue weighted by Crippen LogP contribution is 2.10. The molecule has 3 heteroatoms. The normalized spacial score (nSPS) is 9.42. The average molecular weight is 163 g/mol. The molecule has 2 N–H and O–H groups in total. The average Bonchev–Trinajstić information content (AvgIpc) is 2.03. The van der Waals surface area contributed by atoms with Gasteiger partial charge in [-0.1, -0.05) is 12.1 Å². The number of rotatable bonds is 2. The zero-order chi connectivity index (χ0) is 9.14. The maximum absolute atomic E-state index is 10.8. The van der Waals surface area contributed by atoms with E-state index in [-0.39, 0.29) is 5.56 Å². The van der Waals surface area contributed by atoms with Gasteiger partial charge in [0.25, 0.3) is 0 Å². The van der Waals surface area contributed by atoms with Crippen LogP contribution in [0.5, 0.6) is 0 Å². The van der Waals surface area contributed by atoms with Gasteiger partial charge in [-0.3, -0.25) is 9.59 Å². The number of amides is 1. The Bertz CT molecular complexity index is 331. The fourth-order valence-corrected chi connectivity index (χ4v) is 1.05. The van der Waals surface area contributed by atoms with E-state index in [0.717, 1.165) is 5.56 Å². The number of nitrogens with two attached hydrogens (primary N) is 1. The molecule has 62 valence electrons. The minimum absolute atomic E-state index is 0.282. The van der Waals surface area contributed by atoms with E-state index < -0.39 is 5.91 Å². The Morgan fingerprint density at radius 2 is 2.17 bits per heavy atom. The summed E-state index contributed by atoms with van der Waals surface area (Å²) < 4.78 is 0. The van der Waals surface area contributed by atoms with E-state index in [2.05, 4.69) is 0 Å². The van der Waals surface area contributed by atoms with Crippen LogP contribution in [0.4, 0.5) is 0 Å². The van der Waals surface area contributed by atoms with Crippen molar-refractivity contribution in [3.05, 3.63) is 34.9 Å². The molecule has 0 aliphatic rings. The smallest absolute Gasteiger partial charge is 0.249 e. The molecule has 0 fully saturated rings. The van der Waals surface area contributed by atoms with E-state index in [1.807, 2.05) is 0 Å². The van der Waals surface area contributed by atoms with E-state index in [4.69, 9.17) is 5.73 Å². The summed E-state index contributed by atoms with van der Waals surface area (Å²) in [4.78, 5) is 21.3. The highest BCUT2D eigenvalue weighted by molar-refractivity contribution is 6.01. The molecule has 1 aromatic rings. The molecule has 1 amide bonds. The van der Waals surface area contributed by atoms with Crippen molar-refractivity contribution < 1.29 is 9.59 Å². The Hall–Kier alpha value is -1.64. The Labute approximate surface area is 70.2 Å². The van der Waals surface area contributed by atoms with Crippen molar-refractivity contribution in [3.63, 3.8) is 0 Å². The van der Waals surface area contributed by atoms with Crippen LogP contribution in [0.15, 0.2) is 18.2 Å². The Kier molecular flexibility index (Phi) is 2.24. The Morgan fingerprint density at radius 1 is 1.50 bits per heavy atom. The number of carbonyl (C=O) groups excluding carboxylic acids is 2. The number of carbonyl (C=O) groups is 2. The van der Waals surface area contributed by atoms with Crippen LogP contribution >= 0.6 is 0 Å². The first-order chi connectivity index (χ1) is 5.66. The van der Waals surface area contributed by atoms with Gasteiger partial charge in [0.05, 0.1) is 0 Å². The van der Waals surface area contributed by atoms with Gasteiger partial charge >= 0.3 is 0 Å². The number of aldehydes is 1. The highest BCUT2D eigenvalue weighted by atomic mass is 16.1. The minimum Gasteiger partial charge on any atom is -0.366 e. The van der Waals surface area contributed by atoms with Gasteiger partial charge in [-0.05, 0) is 18.6 Å². The third kappa shape index (κ3) is 1.34. The predicted octanol–water partition coefficient (Wildman–Crippen LogP) is 0.906. The molecule has 12 heavy (non-hydrogen) atoms. The van der Waals surface area contributed by atoms with Crippen molar-refractivity contribution in [2.24, 2.45) is 5.73 Å². The van der Waals surface area contributed by atoms with Crippen molar-refractivity contribution in [2.45, 2.75) is 6.92 Å². The Morgan fingerprint density at radius 3 is 2.58 bits per heavy atom. The fraction of sp³-hybridized carbons (Fsp3) is 0.111. The van der Waals surface area contributed by atoms with Gasteiger partial charge in [0.2, 0.25) is 5.91 Å². The lowest BCUT2D eigenvalue weighted by atomic mass is 10.0. The summed E-state index contributed by atoms with van der Waals surface area (Å²) in [6.45, 7) is 1.76. The predicted molar refractivity (Wildman–Crippen MR) is 45.1 cm³/mol. The molecule has 0 bridgehead atoms. The van der Waals surface area contributed by atoms with E-state index in [1.54, 1.807) is 25.1 Å². The largest absolute Gasteiger partial charge is 0.366 e. The monoisotopic (exact) mass is 163 g/mol. The first-order valence-electron chi connectivity index (χ1n) is 3.51. The number of benzene rings is 1. The lowest BCUT2D eigenvalue weighted by Gasteiger charge is -2.02. The molecular formula is C9H9NO2. The summed E-state index contributed by atoms with van der Waals surface area (Å²) in [5.74, 6) is -0.569. The summed E-state index contributed by atoms with van der Waals surface area (Å²) in [6, 6.07) is 5.00.